The van der Waals surface area contributed by atoms with Gasteiger partial charge in [0.25, 0.3) is 0 Å². The maximum absolute atomic E-state index is 12.5. The molecule has 0 aliphatic heterocycles. The molecule has 0 amide bonds. The molecule has 0 saturated carbocycles. The van der Waals surface area contributed by atoms with Gasteiger partial charge >= 0.3 is 5.97 Å². The van der Waals surface area contributed by atoms with Gasteiger partial charge in [-0.25, -0.2) is 9.97 Å². The maximum atomic E-state index is 12.5. The minimum absolute atomic E-state index is 0.227. The second-order valence-electron chi connectivity index (χ2n) is 6.89. The number of carbonyl (C=O) groups is 1. The highest BCUT2D eigenvalue weighted by Crippen LogP contribution is 2.30. The fraction of sp³-hybridized carbons (Fsp3) is 0.292. The molecule has 0 fully saturated rings. The summed E-state index contributed by atoms with van der Waals surface area (Å²) in [6.07, 6.45) is 2.24. The van der Waals surface area contributed by atoms with E-state index in [0.717, 1.165) is 34.5 Å². The van der Waals surface area contributed by atoms with Crippen molar-refractivity contribution in [3.63, 3.8) is 0 Å². The Balaban J connectivity index is 2.15. The third kappa shape index (κ3) is 4.45. The summed E-state index contributed by atoms with van der Waals surface area (Å²) < 4.78 is 5.10. The lowest BCUT2D eigenvalue weighted by molar-refractivity contribution is -0.142. The number of aromatic nitrogens is 2. The Hall–Kier alpha value is -3.01. The first-order chi connectivity index (χ1) is 13.6. The fourth-order valence-electron chi connectivity index (χ4n) is 3.55. The molecule has 28 heavy (non-hydrogen) atoms. The molecule has 0 spiro atoms. The van der Waals surface area contributed by atoms with Gasteiger partial charge in [0.15, 0.2) is 5.82 Å². The lowest BCUT2D eigenvalue weighted by Crippen LogP contribution is -2.19. The summed E-state index contributed by atoms with van der Waals surface area (Å²) >= 11 is 0. The first-order valence-corrected chi connectivity index (χ1v) is 9.68. The lowest BCUT2D eigenvalue weighted by Gasteiger charge is -2.20. The molecular weight excluding hydrogens is 348 g/mol. The van der Waals surface area contributed by atoms with E-state index in [1.807, 2.05) is 55.5 Å². The zero-order valence-electron chi connectivity index (χ0n) is 16.7. The first-order valence-electron chi connectivity index (χ1n) is 9.68. The van der Waals surface area contributed by atoms with Crippen LogP contribution in [0.15, 0.2) is 60.7 Å². The number of ether oxygens (including phenoxy) is 1. The number of rotatable bonds is 7. The first kappa shape index (κ1) is 19.7. The van der Waals surface area contributed by atoms with Crippen LogP contribution in [0, 0.1) is 6.92 Å². The van der Waals surface area contributed by atoms with Gasteiger partial charge in [-0.2, -0.15) is 0 Å². The molecule has 0 aliphatic carbocycles. The highest BCUT2D eigenvalue weighted by atomic mass is 16.5. The standard InChI is InChI=1S/C24H26N2O2/c1-4-11-20(24(27)28-3)22-17(2)25-23(19-14-9-6-10-15-19)26-21(22)16-18-12-7-5-8-13-18/h5-10,12-15,20H,4,11,16H2,1-3H3. The van der Waals surface area contributed by atoms with Gasteiger partial charge in [0.05, 0.1) is 18.7 Å². The largest absolute Gasteiger partial charge is 0.469 e. The summed E-state index contributed by atoms with van der Waals surface area (Å²) in [6.45, 7) is 4.03. The Labute approximate surface area is 166 Å². The van der Waals surface area contributed by atoms with Gasteiger partial charge in [0, 0.05) is 23.2 Å². The van der Waals surface area contributed by atoms with Crippen LogP contribution in [0.5, 0.6) is 0 Å². The quantitative estimate of drug-likeness (QED) is 0.540. The number of hydrogen-bond acceptors (Lipinski definition) is 4. The number of methoxy groups -OCH3 is 1. The fourth-order valence-corrected chi connectivity index (χ4v) is 3.55. The Morgan fingerprint density at radius 3 is 2.25 bits per heavy atom. The van der Waals surface area contributed by atoms with Crippen LogP contribution < -0.4 is 0 Å². The third-order valence-electron chi connectivity index (χ3n) is 4.87. The zero-order valence-corrected chi connectivity index (χ0v) is 16.7. The monoisotopic (exact) mass is 374 g/mol. The van der Waals surface area contributed by atoms with Gasteiger partial charge in [-0.3, -0.25) is 4.79 Å². The summed E-state index contributed by atoms with van der Waals surface area (Å²) in [5, 5.41) is 0. The molecule has 0 bridgehead atoms. The molecule has 3 aromatic rings. The topological polar surface area (TPSA) is 52.1 Å². The van der Waals surface area contributed by atoms with Crippen LogP contribution in [-0.2, 0) is 16.0 Å². The number of nitrogens with zero attached hydrogens (tertiary/aromatic N) is 2. The number of aryl methyl sites for hydroxylation is 1. The molecule has 144 valence electrons. The van der Waals surface area contributed by atoms with Crippen LogP contribution in [0.3, 0.4) is 0 Å². The van der Waals surface area contributed by atoms with E-state index < -0.39 is 0 Å². The molecule has 1 unspecified atom stereocenters. The molecule has 4 heteroatoms. The Kier molecular flexibility index (Phi) is 6.53. The van der Waals surface area contributed by atoms with E-state index in [2.05, 4.69) is 19.1 Å². The van der Waals surface area contributed by atoms with Crippen molar-refractivity contribution in [3.05, 3.63) is 83.2 Å². The van der Waals surface area contributed by atoms with Crippen LogP contribution in [-0.4, -0.2) is 23.0 Å². The summed E-state index contributed by atoms with van der Waals surface area (Å²) in [7, 11) is 1.44. The highest BCUT2D eigenvalue weighted by molar-refractivity contribution is 5.79. The van der Waals surface area contributed by atoms with Crippen molar-refractivity contribution >= 4 is 5.97 Å². The van der Waals surface area contributed by atoms with Crippen LogP contribution in [0.2, 0.25) is 0 Å². The van der Waals surface area contributed by atoms with Crippen molar-refractivity contribution in [1.29, 1.82) is 0 Å². The van der Waals surface area contributed by atoms with Crippen molar-refractivity contribution in [1.82, 2.24) is 9.97 Å². The van der Waals surface area contributed by atoms with E-state index in [0.29, 0.717) is 18.7 Å². The van der Waals surface area contributed by atoms with E-state index in [-0.39, 0.29) is 11.9 Å². The average molecular weight is 374 g/mol. The molecule has 2 aromatic carbocycles. The summed E-state index contributed by atoms with van der Waals surface area (Å²) in [5.41, 5.74) is 4.75. The Morgan fingerprint density at radius 1 is 1.00 bits per heavy atom. The molecule has 4 nitrogen and oxygen atoms in total. The van der Waals surface area contributed by atoms with Gasteiger partial charge in [0.1, 0.15) is 0 Å². The predicted molar refractivity (Wildman–Crippen MR) is 111 cm³/mol. The second kappa shape index (κ2) is 9.27. The van der Waals surface area contributed by atoms with Crippen molar-refractivity contribution in [3.8, 4) is 11.4 Å². The Bertz CT molecular complexity index is 924. The van der Waals surface area contributed by atoms with Crippen LogP contribution in [0.1, 0.15) is 48.2 Å². The summed E-state index contributed by atoms with van der Waals surface area (Å²) in [5.74, 6) is 0.113. The molecule has 0 aliphatic rings. The second-order valence-corrected chi connectivity index (χ2v) is 6.89. The molecule has 1 atom stereocenters. The van der Waals surface area contributed by atoms with Gasteiger partial charge < -0.3 is 4.74 Å². The highest BCUT2D eigenvalue weighted by Gasteiger charge is 2.27. The van der Waals surface area contributed by atoms with Gasteiger partial charge in [-0.15, -0.1) is 0 Å². The van der Waals surface area contributed by atoms with Crippen molar-refractivity contribution in [2.45, 2.75) is 39.0 Å². The lowest BCUT2D eigenvalue weighted by atomic mass is 9.89. The number of benzene rings is 2. The predicted octanol–water partition coefficient (Wildman–Crippen LogP) is 5.10. The smallest absolute Gasteiger partial charge is 0.313 e. The number of hydrogen-bond donors (Lipinski definition) is 0. The van der Waals surface area contributed by atoms with Gasteiger partial charge in [0.2, 0.25) is 0 Å². The molecular formula is C24H26N2O2. The van der Waals surface area contributed by atoms with Crippen molar-refractivity contribution in [2.75, 3.05) is 7.11 Å². The van der Waals surface area contributed by atoms with E-state index in [4.69, 9.17) is 14.7 Å². The van der Waals surface area contributed by atoms with Crippen LogP contribution in [0.25, 0.3) is 11.4 Å². The van der Waals surface area contributed by atoms with Crippen LogP contribution in [0.4, 0.5) is 0 Å². The number of esters is 1. The summed E-state index contributed by atoms with van der Waals surface area (Å²) in [4.78, 5) is 22.2. The zero-order chi connectivity index (χ0) is 19.9. The van der Waals surface area contributed by atoms with Crippen molar-refractivity contribution in [2.24, 2.45) is 0 Å². The molecule has 3 rings (SSSR count). The van der Waals surface area contributed by atoms with Gasteiger partial charge in [-0.1, -0.05) is 74.0 Å². The molecule has 0 N–H and O–H groups in total. The SMILES string of the molecule is CCCC(C(=O)OC)c1c(C)nc(-c2ccccc2)nc1Cc1ccccc1. The summed E-state index contributed by atoms with van der Waals surface area (Å²) in [6, 6.07) is 20.1. The maximum Gasteiger partial charge on any atom is 0.313 e. The van der Waals surface area contributed by atoms with Crippen LogP contribution >= 0.6 is 0 Å². The normalized spacial score (nSPS) is 11.8. The van der Waals surface area contributed by atoms with E-state index in [1.165, 1.54) is 7.11 Å². The molecule has 1 aromatic heterocycles. The van der Waals surface area contributed by atoms with E-state index in [1.54, 1.807) is 0 Å². The Morgan fingerprint density at radius 2 is 1.64 bits per heavy atom. The average Bonchev–Trinajstić information content (AvgIpc) is 2.73. The molecule has 1 heterocycles. The van der Waals surface area contributed by atoms with Gasteiger partial charge in [-0.05, 0) is 18.9 Å². The molecule has 0 saturated heterocycles. The van der Waals surface area contributed by atoms with E-state index in [9.17, 15) is 4.79 Å². The van der Waals surface area contributed by atoms with E-state index >= 15 is 0 Å². The third-order valence-corrected chi connectivity index (χ3v) is 4.87. The number of carbonyl (C=O) groups excluding carboxylic acids is 1. The minimum atomic E-state index is -0.349. The minimum Gasteiger partial charge on any atom is -0.469 e. The van der Waals surface area contributed by atoms with Crippen molar-refractivity contribution < 1.29 is 9.53 Å². The molecule has 0 radical (unpaired) electrons.